The molecular formula is C12H8Cl2N2O3. The molecule has 3 rings (SSSR count). The molecule has 7 heteroatoms. The average Bonchev–Trinajstić information content (AvgIpc) is 2.82. The van der Waals surface area contributed by atoms with Gasteiger partial charge in [0.25, 0.3) is 0 Å². The molecule has 19 heavy (non-hydrogen) atoms. The molecule has 1 aromatic heterocycles. The summed E-state index contributed by atoms with van der Waals surface area (Å²) >= 11 is 11.7. The van der Waals surface area contributed by atoms with Gasteiger partial charge in [-0.2, -0.15) is 4.98 Å². The van der Waals surface area contributed by atoms with Gasteiger partial charge in [-0.1, -0.05) is 11.6 Å². The lowest BCUT2D eigenvalue weighted by molar-refractivity contribution is 0.174. The van der Waals surface area contributed by atoms with Crippen molar-refractivity contribution < 1.29 is 14.2 Å². The Labute approximate surface area is 119 Å². The van der Waals surface area contributed by atoms with E-state index in [1.54, 1.807) is 25.1 Å². The second kappa shape index (κ2) is 4.75. The van der Waals surface area contributed by atoms with Gasteiger partial charge in [-0.3, -0.25) is 0 Å². The maximum atomic E-state index is 5.92. The molecule has 98 valence electrons. The second-order valence-corrected chi connectivity index (χ2v) is 4.53. The Balaban J connectivity index is 1.93. The minimum absolute atomic E-state index is 0.0337. The summed E-state index contributed by atoms with van der Waals surface area (Å²) in [6.07, 6.45) is 0. The van der Waals surface area contributed by atoms with E-state index in [1.807, 2.05) is 0 Å². The Hall–Kier alpha value is -1.72. The maximum absolute atomic E-state index is 5.92. The molecule has 5 nitrogen and oxygen atoms in total. The van der Waals surface area contributed by atoms with Crippen LogP contribution < -0.4 is 14.2 Å². The molecule has 0 radical (unpaired) electrons. The number of benzene rings is 1. The van der Waals surface area contributed by atoms with Gasteiger partial charge in [-0.05, 0) is 30.7 Å². The average molecular weight is 299 g/mol. The van der Waals surface area contributed by atoms with Crippen molar-refractivity contribution in [3.63, 3.8) is 0 Å². The van der Waals surface area contributed by atoms with Crippen LogP contribution in [0.5, 0.6) is 23.1 Å². The van der Waals surface area contributed by atoms with Crippen LogP contribution in [0.2, 0.25) is 10.4 Å². The molecule has 2 heterocycles. The molecule has 1 aliphatic heterocycles. The first-order valence-electron chi connectivity index (χ1n) is 5.40. The quantitative estimate of drug-likeness (QED) is 0.626. The van der Waals surface area contributed by atoms with E-state index in [0.29, 0.717) is 28.7 Å². The number of aromatic nitrogens is 2. The van der Waals surface area contributed by atoms with Crippen LogP contribution in [0.25, 0.3) is 0 Å². The Bertz CT molecular complexity index is 649. The van der Waals surface area contributed by atoms with Crippen molar-refractivity contribution >= 4 is 23.2 Å². The van der Waals surface area contributed by atoms with E-state index in [2.05, 4.69) is 9.97 Å². The van der Waals surface area contributed by atoms with E-state index < -0.39 is 0 Å². The zero-order valence-electron chi connectivity index (χ0n) is 9.81. The largest absolute Gasteiger partial charge is 0.454 e. The fourth-order valence-corrected chi connectivity index (χ4v) is 1.96. The Morgan fingerprint density at radius 1 is 1.16 bits per heavy atom. The third-order valence-corrected chi connectivity index (χ3v) is 3.11. The Kier molecular flexibility index (Phi) is 3.08. The van der Waals surface area contributed by atoms with Gasteiger partial charge in [0, 0.05) is 11.6 Å². The van der Waals surface area contributed by atoms with E-state index in [9.17, 15) is 0 Å². The third kappa shape index (κ3) is 2.39. The van der Waals surface area contributed by atoms with E-state index in [-0.39, 0.29) is 17.2 Å². The highest BCUT2D eigenvalue weighted by Crippen LogP contribution is 2.37. The SMILES string of the molecule is Cc1c(Cl)nc(Cl)nc1Oc1ccc2c(c1)OCO2. The smallest absolute Gasteiger partial charge is 0.231 e. The molecule has 1 aromatic carbocycles. The van der Waals surface area contributed by atoms with Crippen LogP contribution in [0.3, 0.4) is 0 Å². The fraction of sp³-hybridized carbons (Fsp3) is 0.167. The van der Waals surface area contributed by atoms with Gasteiger partial charge >= 0.3 is 0 Å². The summed E-state index contributed by atoms with van der Waals surface area (Å²) < 4.78 is 16.1. The molecule has 0 fully saturated rings. The van der Waals surface area contributed by atoms with Crippen LogP contribution in [0, 0.1) is 6.92 Å². The van der Waals surface area contributed by atoms with E-state index in [0.717, 1.165) is 0 Å². The molecule has 0 saturated carbocycles. The molecule has 0 bridgehead atoms. The monoisotopic (exact) mass is 298 g/mol. The third-order valence-electron chi connectivity index (χ3n) is 2.57. The topological polar surface area (TPSA) is 53.5 Å². The lowest BCUT2D eigenvalue weighted by atomic mass is 10.3. The van der Waals surface area contributed by atoms with Crippen molar-refractivity contribution in [2.75, 3.05) is 6.79 Å². The number of ether oxygens (including phenoxy) is 3. The minimum atomic E-state index is 0.0337. The summed E-state index contributed by atoms with van der Waals surface area (Å²) in [5, 5.41) is 0.294. The van der Waals surface area contributed by atoms with Gasteiger partial charge in [0.05, 0.1) is 0 Å². The van der Waals surface area contributed by atoms with Crippen molar-refractivity contribution in [2.24, 2.45) is 0 Å². The number of hydrogen-bond acceptors (Lipinski definition) is 5. The van der Waals surface area contributed by atoms with E-state index in [1.165, 1.54) is 0 Å². The number of halogens is 2. The standard InChI is InChI=1S/C12H8Cl2N2O3/c1-6-10(13)15-12(14)16-11(6)19-7-2-3-8-9(4-7)18-5-17-8/h2-4H,5H2,1H3. The first kappa shape index (κ1) is 12.3. The summed E-state index contributed by atoms with van der Waals surface area (Å²) in [4.78, 5) is 7.83. The summed E-state index contributed by atoms with van der Waals surface area (Å²) in [7, 11) is 0. The number of hydrogen-bond donors (Lipinski definition) is 0. The first-order chi connectivity index (χ1) is 9.13. The van der Waals surface area contributed by atoms with Gasteiger partial charge < -0.3 is 14.2 Å². The summed E-state index contributed by atoms with van der Waals surface area (Å²) in [5.74, 6) is 2.17. The molecular weight excluding hydrogens is 291 g/mol. The van der Waals surface area contributed by atoms with Gasteiger partial charge in [-0.25, -0.2) is 4.98 Å². The fourth-order valence-electron chi connectivity index (χ4n) is 1.60. The molecule has 0 spiro atoms. The van der Waals surface area contributed by atoms with Crippen molar-refractivity contribution in [2.45, 2.75) is 6.92 Å². The zero-order chi connectivity index (χ0) is 13.4. The maximum Gasteiger partial charge on any atom is 0.231 e. The van der Waals surface area contributed by atoms with Gasteiger partial charge in [0.2, 0.25) is 18.0 Å². The zero-order valence-corrected chi connectivity index (χ0v) is 11.3. The van der Waals surface area contributed by atoms with Gasteiger partial charge in [0.15, 0.2) is 11.5 Å². The minimum Gasteiger partial charge on any atom is -0.454 e. The highest BCUT2D eigenvalue weighted by molar-refractivity contribution is 6.32. The predicted molar refractivity (Wildman–Crippen MR) is 69.4 cm³/mol. The van der Waals surface area contributed by atoms with Crippen LogP contribution in [-0.4, -0.2) is 16.8 Å². The normalized spacial score (nSPS) is 12.6. The van der Waals surface area contributed by atoms with Crippen molar-refractivity contribution in [1.29, 1.82) is 0 Å². The van der Waals surface area contributed by atoms with Gasteiger partial charge in [-0.15, -0.1) is 0 Å². The number of rotatable bonds is 2. The van der Waals surface area contributed by atoms with E-state index in [4.69, 9.17) is 37.4 Å². The molecule has 0 amide bonds. The Morgan fingerprint density at radius 3 is 2.79 bits per heavy atom. The molecule has 2 aromatic rings. The van der Waals surface area contributed by atoms with Crippen LogP contribution in [0.15, 0.2) is 18.2 Å². The van der Waals surface area contributed by atoms with Crippen molar-refractivity contribution in [1.82, 2.24) is 9.97 Å². The molecule has 0 saturated heterocycles. The van der Waals surface area contributed by atoms with Crippen LogP contribution >= 0.6 is 23.2 Å². The summed E-state index contributed by atoms with van der Waals surface area (Å²) in [6, 6.07) is 5.22. The molecule has 0 unspecified atom stereocenters. The van der Waals surface area contributed by atoms with Gasteiger partial charge in [0.1, 0.15) is 10.9 Å². The second-order valence-electron chi connectivity index (χ2n) is 3.83. The lowest BCUT2D eigenvalue weighted by Gasteiger charge is -2.09. The highest BCUT2D eigenvalue weighted by atomic mass is 35.5. The molecule has 0 N–H and O–H groups in total. The number of nitrogens with zero attached hydrogens (tertiary/aromatic N) is 2. The van der Waals surface area contributed by atoms with Crippen molar-refractivity contribution in [3.05, 3.63) is 34.2 Å². The van der Waals surface area contributed by atoms with Crippen LogP contribution in [0.4, 0.5) is 0 Å². The highest BCUT2D eigenvalue weighted by Gasteiger charge is 2.16. The van der Waals surface area contributed by atoms with Crippen molar-refractivity contribution in [3.8, 4) is 23.1 Å². The van der Waals surface area contributed by atoms with Crippen LogP contribution in [-0.2, 0) is 0 Å². The molecule has 0 aliphatic carbocycles. The van der Waals surface area contributed by atoms with Crippen LogP contribution in [0.1, 0.15) is 5.56 Å². The predicted octanol–water partition coefficient (Wildman–Crippen LogP) is 3.61. The molecule has 1 aliphatic rings. The lowest BCUT2D eigenvalue weighted by Crippen LogP contribution is -1.95. The summed E-state index contributed by atoms with van der Waals surface area (Å²) in [5.41, 5.74) is 0.615. The summed E-state index contributed by atoms with van der Waals surface area (Å²) in [6.45, 7) is 1.96. The van der Waals surface area contributed by atoms with E-state index >= 15 is 0 Å². The number of fused-ring (bicyclic) bond motifs is 1. The molecule has 0 atom stereocenters. The first-order valence-corrected chi connectivity index (χ1v) is 6.16. The Morgan fingerprint density at radius 2 is 1.95 bits per heavy atom.